The Bertz CT molecular complexity index is 969. The average Bonchev–Trinajstić information content (AvgIpc) is 2.98. The van der Waals surface area contributed by atoms with Crippen LogP contribution in [0.25, 0.3) is 17.0 Å². The summed E-state index contributed by atoms with van der Waals surface area (Å²) in [7, 11) is 0. The van der Waals surface area contributed by atoms with Gasteiger partial charge >= 0.3 is 12.3 Å². The van der Waals surface area contributed by atoms with Gasteiger partial charge in [-0.3, -0.25) is 4.40 Å². The zero-order valence-electron chi connectivity index (χ0n) is 13.7. The van der Waals surface area contributed by atoms with E-state index < -0.39 is 18.2 Å². The fourth-order valence-corrected chi connectivity index (χ4v) is 2.33. The van der Waals surface area contributed by atoms with Gasteiger partial charge in [-0.15, -0.1) is 13.2 Å². The van der Waals surface area contributed by atoms with Crippen LogP contribution >= 0.6 is 0 Å². The standard InChI is InChI=1S/C16H13F3N4O3/c1-3-25-15(24)13-14-22-11(7-9(2)23(14)8-20-13)10-5-4-6-12(21-10)26-16(17,18)19/h4-8H,3H2,1-2H3. The van der Waals surface area contributed by atoms with E-state index in [2.05, 4.69) is 19.7 Å². The van der Waals surface area contributed by atoms with E-state index in [1.165, 1.54) is 18.5 Å². The minimum Gasteiger partial charge on any atom is -0.461 e. The number of imidazole rings is 1. The molecule has 136 valence electrons. The van der Waals surface area contributed by atoms with Crippen LogP contribution in [-0.4, -0.2) is 38.3 Å². The van der Waals surface area contributed by atoms with Crippen molar-refractivity contribution in [1.29, 1.82) is 0 Å². The van der Waals surface area contributed by atoms with Gasteiger partial charge in [0.15, 0.2) is 11.3 Å². The number of ether oxygens (including phenoxy) is 2. The Hall–Kier alpha value is -3.17. The number of rotatable bonds is 4. The molecular weight excluding hydrogens is 353 g/mol. The van der Waals surface area contributed by atoms with Crippen LogP contribution in [0.1, 0.15) is 23.1 Å². The molecule has 26 heavy (non-hydrogen) atoms. The molecule has 0 aromatic carbocycles. The third-order valence-electron chi connectivity index (χ3n) is 3.37. The van der Waals surface area contributed by atoms with Crippen LogP contribution in [0, 0.1) is 6.92 Å². The van der Waals surface area contributed by atoms with Gasteiger partial charge in [-0.2, -0.15) is 0 Å². The fraction of sp³-hybridized carbons (Fsp3) is 0.250. The molecule has 0 bridgehead atoms. The molecule has 0 spiro atoms. The molecule has 3 aromatic heterocycles. The highest BCUT2D eigenvalue weighted by molar-refractivity contribution is 5.94. The third kappa shape index (κ3) is 3.58. The molecule has 0 radical (unpaired) electrons. The lowest BCUT2D eigenvalue weighted by Crippen LogP contribution is -2.18. The number of halogens is 3. The zero-order chi connectivity index (χ0) is 18.9. The summed E-state index contributed by atoms with van der Waals surface area (Å²) in [5.41, 5.74) is 1.33. The monoisotopic (exact) mass is 366 g/mol. The fourth-order valence-electron chi connectivity index (χ4n) is 2.33. The maximum Gasteiger partial charge on any atom is 0.574 e. The second-order valence-electron chi connectivity index (χ2n) is 5.20. The first-order valence-corrected chi connectivity index (χ1v) is 7.53. The average molecular weight is 366 g/mol. The van der Waals surface area contributed by atoms with Crippen molar-refractivity contribution in [1.82, 2.24) is 19.4 Å². The number of pyridine rings is 1. The summed E-state index contributed by atoms with van der Waals surface area (Å²) in [5, 5.41) is 0. The Kier molecular flexibility index (Phi) is 4.49. The van der Waals surface area contributed by atoms with Gasteiger partial charge in [-0.1, -0.05) is 6.07 Å². The number of esters is 1. The SMILES string of the molecule is CCOC(=O)c1ncn2c(C)cc(-c3cccc(OC(F)(F)F)n3)nc12. The predicted molar refractivity (Wildman–Crippen MR) is 83.6 cm³/mol. The second kappa shape index (κ2) is 6.62. The van der Waals surface area contributed by atoms with Crippen molar-refractivity contribution in [2.75, 3.05) is 6.61 Å². The summed E-state index contributed by atoms with van der Waals surface area (Å²) < 4.78 is 47.5. The highest BCUT2D eigenvalue weighted by Gasteiger charge is 2.32. The molecule has 10 heteroatoms. The maximum absolute atomic E-state index is 12.4. The summed E-state index contributed by atoms with van der Waals surface area (Å²) >= 11 is 0. The summed E-state index contributed by atoms with van der Waals surface area (Å²) in [6.07, 6.45) is -3.42. The molecule has 3 aromatic rings. The number of alkyl halides is 3. The number of aromatic nitrogens is 4. The smallest absolute Gasteiger partial charge is 0.461 e. The Balaban J connectivity index is 2.07. The van der Waals surface area contributed by atoms with Crippen LogP contribution in [0.4, 0.5) is 13.2 Å². The molecule has 0 atom stereocenters. The van der Waals surface area contributed by atoms with Crippen molar-refractivity contribution < 1.29 is 27.4 Å². The zero-order valence-corrected chi connectivity index (χ0v) is 13.7. The van der Waals surface area contributed by atoms with Crippen LogP contribution in [0.5, 0.6) is 5.88 Å². The number of carbonyl (C=O) groups is 1. The Morgan fingerprint density at radius 1 is 1.23 bits per heavy atom. The van der Waals surface area contributed by atoms with Crippen molar-refractivity contribution >= 4 is 11.6 Å². The van der Waals surface area contributed by atoms with Gasteiger partial charge in [0.05, 0.1) is 18.0 Å². The first kappa shape index (κ1) is 17.6. The topological polar surface area (TPSA) is 78.6 Å². The van der Waals surface area contributed by atoms with Crippen molar-refractivity contribution in [2.24, 2.45) is 0 Å². The van der Waals surface area contributed by atoms with E-state index in [-0.39, 0.29) is 29.3 Å². The summed E-state index contributed by atoms with van der Waals surface area (Å²) in [6, 6.07) is 5.56. The minimum atomic E-state index is -4.85. The van der Waals surface area contributed by atoms with Gasteiger partial charge < -0.3 is 9.47 Å². The molecule has 3 rings (SSSR count). The first-order valence-electron chi connectivity index (χ1n) is 7.53. The van der Waals surface area contributed by atoms with Crippen molar-refractivity contribution in [3.8, 4) is 17.3 Å². The van der Waals surface area contributed by atoms with Crippen LogP contribution in [0.2, 0.25) is 0 Å². The molecule has 0 amide bonds. The molecule has 0 saturated heterocycles. The molecule has 0 fully saturated rings. The van der Waals surface area contributed by atoms with Crippen LogP contribution < -0.4 is 4.74 Å². The molecule has 0 aliphatic carbocycles. The Morgan fingerprint density at radius 3 is 2.69 bits per heavy atom. The van der Waals surface area contributed by atoms with Crippen molar-refractivity contribution in [2.45, 2.75) is 20.2 Å². The highest BCUT2D eigenvalue weighted by Crippen LogP contribution is 2.25. The Labute approximate surface area is 145 Å². The quantitative estimate of drug-likeness (QED) is 0.660. The van der Waals surface area contributed by atoms with E-state index in [4.69, 9.17) is 4.74 Å². The molecule has 3 heterocycles. The lowest BCUT2D eigenvalue weighted by molar-refractivity contribution is -0.276. The van der Waals surface area contributed by atoms with E-state index in [0.717, 1.165) is 6.07 Å². The number of hydrogen-bond acceptors (Lipinski definition) is 6. The van der Waals surface area contributed by atoms with Crippen molar-refractivity contribution in [3.63, 3.8) is 0 Å². The van der Waals surface area contributed by atoms with E-state index in [9.17, 15) is 18.0 Å². The maximum atomic E-state index is 12.4. The number of fused-ring (bicyclic) bond motifs is 1. The van der Waals surface area contributed by atoms with E-state index in [1.807, 2.05) is 0 Å². The number of carbonyl (C=O) groups excluding carboxylic acids is 1. The van der Waals surface area contributed by atoms with E-state index in [1.54, 1.807) is 24.3 Å². The third-order valence-corrected chi connectivity index (χ3v) is 3.37. The number of aryl methyl sites for hydroxylation is 1. The first-order chi connectivity index (χ1) is 12.3. The van der Waals surface area contributed by atoms with Gasteiger partial charge in [-0.05, 0) is 26.0 Å². The summed E-state index contributed by atoms with van der Waals surface area (Å²) in [4.78, 5) is 24.1. The normalized spacial score (nSPS) is 11.6. The summed E-state index contributed by atoms with van der Waals surface area (Å²) in [5.74, 6) is -1.24. The predicted octanol–water partition coefficient (Wildman–Crippen LogP) is 3.18. The molecule has 0 aliphatic heterocycles. The highest BCUT2D eigenvalue weighted by atomic mass is 19.4. The molecule has 0 aliphatic rings. The largest absolute Gasteiger partial charge is 0.574 e. The van der Waals surface area contributed by atoms with Gasteiger partial charge in [0.2, 0.25) is 5.88 Å². The lowest BCUT2D eigenvalue weighted by Gasteiger charge is -2.09. The molecule has 0 unspecified atom stereocenters. The Morgan fingerprint density at radius 2 is 2.00 bits per heavy atom. The summed E-state index contributed by atoms with van der Waals surface area (Å²) in [6.45, 7) is 3.58. The molecule has 0 N–H and O–H groups in total. The van der Waals surface area contributed by atoms with Crippen LogP contribution in [-0.2, 0) is 4.74 Å². The van der Waals surface area contributed by atoms with Gasteiger partial charge in [0.1, 0.15) is 6.33 Å². The van der Waals surface area contributed by atoms with Crippen molar-refractivity contribution in [3.05, 3.63) is 42.0 Å². The van der Waals surface area contributed by atoms with Crippen LogP contribution in [0.15, 0.2) is 30.6 Å². The number of nitrogens with zero attached hydrogens (tertiary/aromatic N) is 4. The lowest BCUT2D eigenvalue weighted by atomic mass is 10.2. The van der Waals surface area contributed by atoms with Gasteiger partial charge in [0, 0.05) is 11.8 Å². The van der Waals surface area contributed by atoms with Crippen LogP contribution in [0.3, 0.4) is 0 Å². The minimum absolute atomic E-state index is 0.0134. The molecule has 0 saturated carbocycles. The van der Waals surface area contributed by atoms with Gasteiger partial charge in [0.25, 0.3) is 0 Å². The van der Waals surface area contributed by atoms with Gasteiger partial charge in [-0.25, -0.2) is 19.7 Å². The molecule has 7 nitrogen and oxygen atoms in total. The van der Waals surface area contributed by atoms with E-state index in [0.29, 0.717) is 5.69 Å². The number of hydrogen-bond donors (Lipinski definition) is 0. The van der Waals surface area contributed by atoms with E-state index >= 15 is 0 Å². The molecular formula is C16H13F3N4O3. The second-order valence-corrected chi connectivity index (χ2v) is 5.20.